The molecule has 0 atom stereocenters. The van der Waals surface area contributed by atoms with E-state index in [0.717, 1.165) is 67.6 Å². The predicted octanol–water partition coefficient (Wildman–Crippen LogP) is 13.1. The summed E-state index contributed by atoms with van der Waals surface area (Å²) in [5.74, 6) is 0.997. The summed E-state index contributed by atoms with van der Waals surface area (Å²) in [5.41, 5.74) is 15.9. The molecule has 2 heterocycles. The number of nitrogens with zero attached hydrogens (tertiary/aromatic N) is 3. The molecule has 1 aliphatic carbocycles. The van der Waals surface area contributed by atoms with Crippen LogP contribution in [0.15, 0.2) is 194 Å². The molecule has 0 aliphatic heterocycles. The topological polar surface area (TPSA) is 30.7 Å². The summed E-state index contributed by atoms with van der Waals surface area (Å²) in [6.07, 6.45) is 0. The summed E-state index contributed by atoms with van der Waals surface area (Å²) in [6.45, 7) is 3.04. The number of benzene rings is 8. The zero-order chi connectivity index (χ0) is 37.2. The van der Waals surface area contributed by atoms with Crippen LogP contribution >= 0.6 is 0 Å². The van der Waals surface area contributed by atoms with E-state index in [9.17, 15) is 0 Å². The number of aryl methyl sites for hydroxylation is 1. The lowest BCUT2D eigenvalue weighted by atomic mass is 9.67. The van der Waals surface area contributed by atoms with E-state index in [1.54, 1.807) is 0 Å². The summed E-state index contributed by atoms with van der Waals surface area (Å²) < 4.78 is 2.30. The van der Waals surface area contributed by atoms with Crippen molar-refractivity contribution in [3.63, 3.8) is 0 Å². The molecule has 0 unspecified atom stereocenters. The van der Waals surface area contributed by atoms with Crippen LogP contribution in [-0.2, 0) is 12.0 Å². The molecule has 0 N–H and O–H groups in total. The standard InChI is InChI=1S/C53H37N3/c1-2-56-50-27-14-13-26-49(50)55-52(56)38-17-15-16-37(32-38)35-28-30-36(31-29-35)51-45-33-44-41-22-9-11-24-46(41)53(39-18-5-3-6-19-39,40-20-7-4-8-21-40)47(44)34-43(45)42-23-10-12-25-48(42)54-51/h3-34H,2H2,1H3. The van der Waals surface area contributed by atoms with Crippen molar-refractivity contribution in [3.05, 3.63) is 216 Å². The number of fused-ring (bicyclic) bond motifs is 7. The molecule has 10 aromatic rings. The molecule has 11 rings (SSSR count). The van der Waals surface area contributed by atoms with Gasteiger partial charge in [-0.1, -0.05) is 158 Å². The second-order valence-corrected chi connectivity index (χ2v) is 14.8. The van der Waals surface area contributed by atoms with Gasteiger partial charge < -0.3 is 4.57 Å². The normalized spacial score (nSPS) is 12.9. The second-order valence-electron chi connectivity index (χ2n) is 14.8. The van der Waals surface area contributed by atoms with E-state index < -0.39 is 5.41 Å². The van der Waals surface area contributed by atoms with Crippen LogP contribution in [0.2, 0.25) is 0 Å². The van der Waals surface area contributed by atoms with E-state index >= 15 is 0 Å². The Kier molecular flexibility index (Phi) is 7.36. The highest BCUT2D eigenvalue weighted by molar-refractivity contribution is 6.13. The van der Waals surface area contributed by atoms with E-state index in [4.69, 9.17) is 9.97 Å². The molecule has 0 bridgehead atoms. The Morgan fingerprint density at radius 2 is 1.07 bits per heavy atom. The SMILES string of the molecule is CCn1c(-c2cccc(-c3ccc(-c4nc5ccccc5c5cc6c(cc45)-c4ccccc4C6(c4ccccc4)c4ccccc4)cc3)c2)nc2ccccc21. The molecule has 1 aliphatic rings. The van der Waals surface area contributed by atoms with Gasteiger partial charge in [-0.2, -0.15) is 0 Å². The van der Waals surface area contributed by atoms with Gasteiger partial charge in [0.05, 0.1) is 27.7 Å². The number of pyridine rings is 1. The van der Waals surface area contributed by atoms with Gasteiger partial charge in [-0.3, -0.25) is 0 Å². The van der Waals surface area contributed by atoms with Crippen LogP contribution in [0.4, 0.5) is 0 Å². The number of imidazole rings is 1. The maximum absolute atomic E-state index is 5.39. The molecule has 0 saturated carbocycles. The molecule has 2 aromatic heterocycles. The average Bonchev–Trinajstić information content (AvgIpc) is 3.80. The molecule has 0 fully saturated rings. The summed E-state index contributed by atoms with van der Waals surface area (Å²) in [6, 6.07) is 70.6. The van der Waals surface area contributed by atoms with Crippen molar-refractivity contribution in [2.24, 2.45) is 0 Å². The van der Waals surface area contributed by atoms with E-state index in [2.05, 4.69) is 206 Å². The molecular formula is C53H37N3. The summed E-state index contributed by atoms with van der Waals surface area (Å²) in [5, 5.41) is 3.53. The Morgan fingerprint density at radius 3 is 1.84 bits per heavy atom. The smallest absolute Gasteiger partial charge is 0.141 e. The minimum Gasteiger partial charge on any atom is -0.324 e. The molecule has 3 nitrogen and oxygen atoms in total. The Morgan fingerprint density at radius 1 is 0.429 bits per heavy atom. The largest absolute Gasteiger partial charge is 0.324 e. The van der Waals surface area contributed by atoms with Crippen molar-refractivity contribution in [2.45, 2.75) is 18.9 Å². The van der Waals surface area contributed by atoms with Crippen molar-refractivity contribution in [1.29, 1.82) is 0 Å². The van der Waals surface area contributed by atoms with Crippen molar-refractivity contribution < 1.29 is 0 Å². The number of para-hydroxylation sites is 3. The van der Waals surface area contributed by atoms with Gasteiger partial charge in [-0.05, 0) is 93.2 Å². The highest BCUT2D eigenvalue weighted by atomic mass is 15.1. The lowest BCUT2D eigenvalue weighted by Crippen LogP contribution is -2.28. The first-order valence-corrected chi connectivity index (χ1v) is 19.5. The third kappa shape index (κ3) is 4.77. The number of hydrogen-bond acceptors (Lipinski definition) is 2. The van der Waals surface area contributed by atoms with Crippen molar-refractivity contribution >= 4 is 32.7 Å². The number of rotatable bonds is 6. The maximum Gasteiger partial charge on any atom is 0.141 e. The molecule has 3 heteroatoms. The van der Waals surface area contributed by atoms with E-state index in [-0.39, 0.29) is 0 Å². The minimum atomic E-state index is -0.468. The molecule has 264 valence electrons. The summed E-state index contributed by atoms with van der Waals surface area (Å²) >= 11 is 0. The fourth-order valence-corrected chi connectivity index (χ4v) is 9.38. The predicted molar refractivity (Wildman–Crippen MR) is 232 cm³/mol. The first kappa shape index (κ1) is 32.3. The third-order valence-electron chi connectivity index (χ3n) is 11.9. The molecule has 8 aromatic carbocycles. The van der Waals surface area contributed by atoms with Gasteiger partial charge in [0.15, 0.2) is 0 Å². The fourth-order valence-electron chi connectivity index (χ4n) is 9.38. The van der Waals surface area contributed by atoms with Gasteiger partial charge >= 0.3 is 0 Å². The third-order valence-corrected chi connectivity index (χ3v) is 11.9. The Labute approximate surface area is 326 Å². The van der Waals surface area contributed by atoms with Crippen molar-refractivity contribution in [3.8, 4) is 44.9 Å². The number of aromatic nitrogens is 3. The zero-order valence-electron chi connectivity index (χ0n) is 31.0. The van der Waals surface area contributed by atoms with Crippen molar-refractivity contribution in [1.82, 2.24) is 14.5 Å². The Hall–Kier alpha value is -7.10. The van der Waals surface area contributed by atoms with Crippen LogP contribution in [0.5, 0.6) is 0 Å². The first-order valence-electron chi connectivity index (χ1n) is 19.5. The molecule has 0 saturated heterocycles. The average molecular weight is 716 g/mol. The molecule has 56 heavy (non-hydrogen) atoms. The minimum absolute atomic E-state index is 0.468. The van der Waals surface area contributed by atoms with Crippen LogP contribution in [-0.4, -0.2) is 14.5 Å². The van der Waals surface area contributed by atoms with E-state index in [1.165, 1.54) is 38.8 Å². The summed E-state index contributed by atoms with van der Waals surface area (Å²) in [4.78, 5) is 10.4. The molecular weight excluding hydrogens is 679 g/mol. The number of hydrogen-bond donors (Lipinski definition) is 0. The maximum atomic E-state index is 5.39. The lowest BCUT2D eigenvalue weighted by molar-refractivity contribution is 0.769. The van der Waals surface area contributed by atoms with Gasteiger partial charge in [0.1, 0.15) is 5.82 Å². The van der Waals surface area contributed by atoms with Crippen LogP contribution in [0.25, 0.3) is 77.6 Å². The van der Waals surface area contributed by atoms with Gasteiger partial charge in [0.25, 0.3) is 0 Å². The summed E-state index contributed by atoms with van der Waals surface area (Å²) in [7, 11) is 0. The molecule has 0 radical (unpaired) electrons. The highest BCUT2D eigenvalue weighted by Gasteiger charge is 2.46. The highest BCUT2D eigenvalue weighted by Crippen LogP contribution is 2.57. The second kappa shape index (κ2) is 12.8. The Balaban J connectivity index is 1.09. The van der Waals surface area contributed by atoms with Crippen molar-refractivity contribution in [2.75, 3.05) is 0 Å². The lowest BCUT2D eigenvalue weighted by Gasteiger charge is -2.34. The first-order chi connectivity index (χ1) is 27.7. The Bertz CT molecular complexity index is 3070. The van der Waals surface area contributed by atoms with Crippen LogP contribution < -0.4 is 0 Å². The van der Waals surface area contributed by atoms with Crippen LogP contribution in [0, 0.1) is 0 Å². The van der Waals surface area contributed by atoms with Gasteiger partial charge in [0.2, 0.25) is 0 Å². The fraction of sp³-hybridized carbons (Fsp3) is 0.0566. The molecule has 0 spiro atoms. The quantitative estimate of drug-likeness (QED) is 0.161. The van der Waals surface area contributed by atoms with Crippen LogP contribution in [0.3, 0.4) is 0 Å². The monoisotopic (exact) mass is 715 g/mol. The van der Waals surface area contributed by atoms with E-state index in [1.807, 2.05) is 0 Å². The van der Waals surface area contributed by atoms with E-state index in [0.29, 0.717) is 0 Å². The van der Waals surface area contributed by atoms with Gasteiger partial charge in [-0.15, -0.1) is 0 Å². The van der Waals surface area contributed by atoms with Gasteiger partial charge in [0, 0.05) is 28.4 Å². The zero-order valence-corrected chi connectivity index (χ0v) is 31.0. The van der Waals surface area contributed by atoms with Crippen LogP contribution in [0.1, 0.15) is 29.2 Å². The molecule has 0 amide bonds. The van der Waals surface area contributed by atoms with Gasteiger partial charge in [-0.25, -0.2) is 9.97 Å².